The number of nitrogens with zero attached hydrogens (tertiary/aromatic N) is 1. The Balaban J connectivity index is 2.37. The summed E-state index contributed by atoms with van der Waals surface area (Å²) in [6.07, 6.45) is -0.296. The third kappa shape index (κ3) is 5.24. The molecule has 0 aliphatic heterocycles. The Morgan fingerprint density at radius 3 is 2.53 bits per heavy atom. The maximum absolute atomic E-state index is 11.4. The molecule has 0 aliphatic rings. The number of nitrogens with one attached hydrogen (secondary N) is 1. The molecule has 0 atom stereocenters. The average molecular weight is 236 g/mol. The SMILES string of the molecule is CN(CC(=O)CC(=O)NO)Cc1ccccc1. The molecule has 17 heavy (non-hydrogen) atoms. The van der Waals surface area contributed by atoms with Crippen molar-refractivity contribution in [1.29, 1.82) is 0 Å². The minimum atomic E-state index is -0.678. The van der Waals surface area contributed by atoms with E-state index in [0.29, 0.717) is 6.54 Å². The van der Waals surface area contributed by atoms with Crippen LogP contribution in [0.15, 0.2) is 30.3 Å². The number of benzene rings is 1. The third-order valence-electron chi connectivity index (χ3n) is 2.22. The summed E-state index contributed by atoms with van der Waals surface area (Å²) in [6.45, 7) is 0.829. The smallest absolute Gasteiger partial charge is 0.250 e. The molecule has 5 heteroatoms. The monoisotopic (exact) mass is 236 g/mol. The largest absolute Gasteiger partial charge is 0.298 e. The van der Waals surface area contributed by atoms with Crippen molar-refractivity contribution in [2.45, 2.75) is 13.0 Å². The predicted molar refractivity (Wildman–Crippen MR) is 62.3 cm³/mol. The molecule has 0 saturated heterocycles. The highest BCUT2D eigenvalue weighted by molar-refractivity contribution is 5.98. The van der Waals surface area contributed by atoms with Gasteiger partial charge < -0.3 is 0 Å². The Morgan fingerprint density at radius 1 is 1.29 bits per heavy atom. The number of hydrogen-bond donors (Lipinski definition) is 2. The van der Waals surface area contributed by atoms with Gasteiger partial charge >= 0.3 is 0 Å². The van der Waals surface area contributed by atoms with Gasteiger partial charge in [-0.3, -0.25) is 19.7 Å². The maximum atomic E-state index is 11.4. The molecule has 0 aromatic heterocycles. The van der Waals surface area contributed by atoms with Crippen LogP contribution in [0.4, 0.5) is 0 Å². The van der Waals surface area contributed by atoms with Crippen LogP contribution in [-0.4, -0.2) is 35.4 Å². The molecular formula is C12H16N2O3. The molecular weight excluding hydrogens is 220 g/mol. The number of carbonyl (C=O) groups excluding carboxylic acids is 2. The summed E-state index contributed by atoms with van der Waals surface area (Å²) in [4.78, 5) is 24.0. The fourth-order valence-corrected chi connectivity index (χ4v) is 1.53. The molecule has 0 saturated carbocycles. The Labute approximate surface area is 100 Å². The van der Waals surface area contributed by atoms with Crippen molar-refractivity contribution < 1.29 is 14.8 Å². The number of hydrogen-bond acceptors (Lipinski definition) is 4. The molecule has 1 aromatic carbocycles. The van der Waals surface area contributed by atoms with Crippen LogP contribution in [0.25, 0.3) is 0 Å². The average Bonchev–Trinajstić information content (AvgIpc) is 2.29. The quantitative estimate of drug-likeness (QED) is 0.431. The number of amides is 1. The van der Waals surface area contributed by atoms with Gasteiger partial charge in [-0.15, -0.1) is 0 Å². The number of carbonyl (C=O) groups is 2. The summed E-state index contributed by atoms with van der Waals surface area (Å²) < 4.78 is 0. The highest BCUT2D eigenvalue weighted by atomic mass is 16.5. The molecule has 5 nitrogen and oxygen atoms in total. The first kappa shape index (κ1) is 13.3. The van der Waals surface area contributed by atoms with Crippen molar-refractivity contribution in [2.75, 3.05) is 13.6 Å². The maximum Gasteiger partial charge on any atom is 0.250 e. The number of likely N-dealkylation sites (N-methyl/N-ethyl adjacent to an activating group) is 1. The van der Waals surface area contributed by atoms with E-state index in [1.54, 1.807) is 0 Å². The first-order valence-corrected chi connectivity index (χ1v) is 5.29. The standard InChI is InChI=1S/C12H16N2O3/c1-14(8-10-5-3-2-4-6-10)9-11(15)7-12(16)13-17/h2-6,17H,7-9H2,1H3,(H,13,16). The summed E-state index contributed by atoms with van der Waals surface area (Å²) >= 11 is 0. The second kappa shape index (κ2) is 6.78. The van der Waals surface area contributed by atoms with Gasteiger partial charge in [0.2, 0.25) is 0 Å². The highest BCUT2D eigenvalue weighted by Crippen LogP contribution is 2.02. The molecule has 0 heterocycles. The Kier molecular flexibility index (Phi) is 5.32. The lowest BCUT2D eigenvalue weighted by atomic mass is 10.2. The van der Waals surface area contributed by atoms with Gasteiger partial charge in [-0.05, 0) is 12.6 Å². The first-order valence-electron chi connectivity index (χ1n) is 5.29. The summed E-state index contributed by atoms with van der Waals surface area (Å²) in [6, 6.07) is 9.75. The van der Waals surface area contributed by atoms with Crippen LogP contribution in [0, 0.1) is 0 Å². The van der Waals surface area contributed by atoms with Crippen LogP contribution in [0.2, 0.25) is 0 Å². The van der Waals surface area contributed by atoms with Crippen molar-refractivity contribution in [2.24, 2.45) is 0 Å². The minimum Gasteiger partial charge on any atom is -0.298 e. The normalized spacial score (nSPS) is 10.3. The van der Waals surface area contributed by atoms with Crippen LogP contribution < -0.4 is 5.48 Å². The van der Waals surface area contributed by atoms with Gasteiger partial charge in [-0.1, -0.05) is 30.3 Å². The fraction of sp³-hybridized carbons (Fsp3) is 0.333. The van der Waals surface area contributed by atoms with Gasteiger partial charge in [0.05, 0.1) is 13.0 Å². The number of Topliss-reactive ketones (excluding diaryl/α,β-unsaturated/α-hetero) is 1. The van der Waals surface area contributed by atoms with E-state index in [-0.39, 0.29) is 18.7 Å². The van der Waals surface area contributed by atoms with Crippen molar-refractivity contribution >= 4 is 11.7 Å². The number of ketones is 1. The Bertz CT molecular complexity index is 379. The molecule has 0 aliphatic carbocycles. The van der Waals surface area contributed by atoms with Gasteiger partial charge in [-0.2, -0.15) is 0 Å². The molecule has 0 unspecified atom stereocenters. The van der Waals surface area contributed by atoms with Crippen LogP contribution in [0.5, 0.6) is 0 Å². The molecule has 1 amide bonds. The minimum absolute atomic E-state index is 0.183. The molecule has 1 aromatic rings. The van der Waals surface area contributed by atoms with E-state index in [2.05, 4.69) is 0 Å². The van der Waals surface area contributed by atoms with Gasteiger partial charge in [-0.25, -0.2) is 5.48 Å². The fourth-order valence-electron chi connectivity index (χ4n) is 1.53. The first-order chi connectivity index (χ1) is 8.11. The van der Waals surface area contributed by atoms with Gasteiger partial charge in [0, 0.05) is 6.54 Å². The van der Waals surface area contributed by atoms with Gasteiger partial charge in [0.15, 0.2) is 5.78 Å². The van der Waals surface area contributed by atoms with E-state index in [1.807, 2.05) is 42.3 Å². The zero-order valence-electron chi connectivity index (χ0n) is 9.72. The van der Waals surface area contributed by atoms with Crippen LogP contribution >= 0.6 is 0 Å². The molecule has 92 valence electrons. The molecule has 1 rings (SSSR count). The van der Waals surface area contributed by atoms with Crippen molar-refractivity contribution in [1.82, 2.24) is 10.4 Å². The van der Waals surface area contributed by atoms with E-state index in [0.717, 1.165) is 5.56 Å². The van der Waals surface area contributed by atoms with Crippen molar-refractivity contribution in [3.05, 3.63) is 35.9 Å². The van der Waals surface area contributed by atoms with E-state index >= 15 is 0 Å². The second-order valence-electron chi connectivity index (χ2n) is 3.91. The third-order valence-corrected chi connectivity index (χ3v) is 2.22. The van der Waals surface area contributed by atoms with Crippen molar-refractivity contribution in [3.8, 4) is 0 Å². The summed E-state index contributed by atoms with van der Waals surface area (Å²) in [5, 5.41) is 8.29. The molecule has 0 radical (unpaired) electrons. The summed E-state index contributed by atoms with van der Waals surface area (Å²) in [7, 11) is 1.81. The van der Waals surface area contributed by atoms with E-state index in [1.165, 1.54) is 5.48 Å². The second-order valence-corrected chi connectivity index (χ2v) is 3.91. The van der Waals surface area contributed by atoms with Crippen LogP contribution in [-0.2, 0) is 16.1 Å². The number of hydroxylamine groups is 1. The van der Waals surface area contributed by atoms with Crippen molar-refractivity contribution in [3.63, 3.8) is 0 Å². The number of rotatable bonds is 6. The summed E-state index contributed by atoms with van der Waals surface area (Å²) in [5.41, 5.74) is 2.55. The zero-order valence-corrected chi connectivity index (χ0v) is 9.72. The highest BCUT2D eigenvalue weighted by Gasteiger charge is 2.11. The van der Waals surface area contributed by atoms with E-state index in [9.17, 15) is 9.59 Å². The molecule has 2 N–H and O–H groups in total. The predicted octanol–water partition coefficient (Wildman–Crippen LogP) is 0.583. The van der Waals surface area contributed by atoms with Gasteiger partial charge in [0.25, 0.3) is 5.91 Å². The van der Waals surface area contributed by atoms with E-state index < -0.39 is 5.91 Å². The van der Waals surface area contributed by atoms with Crippen LogP contribution in [0.3, 0.4) is 0 Å². The zero-order chi connectivity index (χ0) is 12.7. The van der Waals surface area contributed by atoms with E-state index in [4.69, 9.17) is 5.21 Å². The molecule has 0 bridgehead atoms. The van der Waals surface area contributed by atoms with Gasteiger partial charge in [0.1, 0.15) is 0 Å². The lowest BCUT2D eigenvalue weighted by Gasteiger charge is -2.15. The van der Waals surface area contributed by atoms with Crippen LogP contribution in [0.1, 0.15) is 12.0 Å². The lowest BCUT2D eigenvalue weighted by Crippen LogP contribution is -2.30. The summed E-state index contributed by atoms with van der Waals surface area (Å²) in [5.74, 6) is -0.905. The lowest BCUT2D eigenvalue weighted by molar-refractivity contribution is -0.134. The molecule has 0 spiro atoms. The Morgan fingerprint density at radius 2 is 1.94 bits per heavy atom. The molecule has 0 fully saturated rings. The Hall–Kier alpha value is -1.72. The topological polar surface area (TPSA) is 69.6 Å².